The number of carbonyl (C=O) groups is 1. The number of nitrogens with one attached hydrogen (secondary N) is 2. The molecule has 0 bridgehead atoms. The first kappa shape index (κ1) is 21.7. The summed E-state index contributed by atoms with van der Waals surface area (Å²) < 4.78 is 33.0. The van der Waals surface area contributed by atoms with Gasteiger partial charge in [0.2, 0.25) is 0 Å². The van der Waals surface area contributed by atoms with Gasteiger partial charge in [0.1, 0.15) is 12.4 Å². The molecule has 8 heteroatoms. The number of amides is 1. The zero-order valence-corrected chi connectivity index (χ0v) is 17.8. The van der Waals surface area contributed by atoms with Gasteiger partial charge in [-0.1, -0.05) is 41.9 Å². The van der Waals surface area contributed by atoms with Gasteiger partial charge in [-0.15, -0.1) is 0 Å². The van der Waals surface area contributed by atoms with E-state index in [1.807, 2.05) is 31.2 Å². The van der Waals surface area contributed by atoms with Crippen LogP contribution in [0.1, 0.15) is 15.9 Å². The fourth-order valence-electron chi connectivity index (χ4n) is 2.71. The first-order chi connectivity index (χ1) is 14.3. The summed E-state index contributed by atoms with van der Waals surface area (Å²) in [6, 6.07) is 20.0. The van der Waals surface area contributed by atoms with E-state index >= 15 is 0 Å². The van der Waals surface area contributed by atoms with Crippen molar-refractivity contribution in [2.24, 2.45) is 0 Å². The highest BCUT2D eigenvalue weighted by Gasteiger charge is 2.16. The Balaban J connectivity index is 1.62. The van der Waals surface area contributed by atoms with E-state index in [0.717, 1.165) is 11.3 Å². The van der Waals surface area contributed by atoms with Crippen LogP contribution >= 0.6 is 11.6 Å². The van der Waals surface area contributed by atoms with Crippen LogP contribution in [0.15, 0.2) is 77.7 Å². The molecule has 0 aliphatic carbocycles. The Morgan fingerprint density at radius 1 is 1.00 bits per heavy atom. The molecule has 2 N–H and O–H groups in total. The van der Waals surface area contributed by atoms with Gasteiger partial charge in [-0.2, -0.15) is 0 Å². The van der Waals surface area contributed by atoms with Gasteiger partial charge in [-0.05, 0) is 55.0 Å². The molecule has 0 saturated heterocycles. The molecule has 0 spiro atoms. The van der Waals surface area contributed by atoms with Crippen molar-refractivity contribution in [1.82, 2.24) is 5.32 Å². The third kappa shape index (κ3) is 5.75. The SMILES string of the molecule is Cc1cccc(OCCNC(=O)c2cc(NS(=O)(=O)c3ccccc3)ccc2Cl)c1. The van der Waals surface area contributed by atoms with Crippen LogP contribution in [0.4, 0.5) is 5.69 Å². The molecule has 0 aliphatic rings. The zero-order chi connectivity index (χ0) is 21.6. The lowest BCUT2D eigenvalue weighted by Crippen LogP contribution is -2.28. The fraction of sp³-hybridized carbons (Fsp3) is 0.136. The van der Waals surface area contributed by atoms with Gasteiger partial charge in [-0.3, -0.25) is 9.52 Å². The normalized spacial score (nSPS) is 11.0. The molecule has 1 amide bonds. The quantitative estimate of drug-likeness (QED) is 0.508. The lowest BCUT2D eigenvalue weighted by atomic mass is 10.2. The van der Waals surface area contributed by atoms with Gasteiger partial charge in [0.25, 0.3) is 15.9 Å². The van der Waals surface area contributed by atoms with Crippen molar-refractivity contribution in [3.8, 4) is 5.75 Å². The van der Waals surface area contributed by atoms with Crippen LogP contribution in [-0.2, 0) is 10.0 Å². The Morgan fingerprint density at radius 2 is 1.77 bits per heavy atom. The number of aryl methyl sites for hydroxylation is 1. The Kier molecular flexibility index (Phi) is 6.97. The topological polar surface area (TPSA) is 84.5 Å². The summed E-state index contributed by atoms with van der Waals surface area (Å²) in [4.78, 5) is 12.6. The number of benzene rings is 3. The van der Waals surface area contributed by atoms with Crippen molar-refractivity contribution in [3.63, 3.8) is 0 Å². The maximum Gasteiger partial charge on any atom is 0.261 e. The summed E-state index contributed by atoms with van der Waals surface area (Å²) in [6.07, 6.45) is 0. The van der Waals surface area contributed by atoms with Crippen molar-refractivity contribution >= 4 is 33.2 Å². The molecule has 156 valence electrons. The van der Waals surface area contributed by atoms with Gasteiger partial charge < -0.3 is 10.1 Å². The minimum absolute atomic E-state index is 0.124. The van der Waals surface area contributed by atoms with Gasteiger partial charge in [0.05, 0.1) is 22.0 Å². The van der Waals surface area contributed by atoms with E-state index in [2.05, 4.69) is 10.0 Å². The summed E-state index contributed by atoms with van der Waals surface area (Å²) in [5.74, 6) is 0.299. The number of carbonyl (C=O) groups excluding carboxylic acids is 1. The van der Waals surface area contributed by atoms with Crippen LogP contribution in [0.3, 0.4) is 0 Å². The summed E-state index contributed by atoms with van der Waals surface area (Å²) in [5.41, 5.74) is 1.49. The van der Waals surface area contributed by atoms with E-state index in [0.29, 0.717) is 0 Å². The van der Waals surface area contributed by atoms with Crippen molar-refractivity contribution in [3.05, 3.63) is 88.9 Å². The molecule has 3 rings (SSSR count). The second-order valence-corrected chi connectivity index (χ2v) is 8.62. The second-order valence-electron chi connectivity index (χ2n) is 6.53. The largest absolute Gasteiger partial charge is 0.492 e. The third-order valence-electron chi connectivity index (χ3n) is 4.16. The first-order valence-corrected chi connectivity index (χ1v) is 11.1. The van der Waals surface area contributed by atoms with Crippen LogP contribution in [0, 0.1) is 6.92 Å². The highest BCUT2D eigenvalue weighted by molar-refractivity contribution is 7.92. The molecule has 0 radical (unpaired) electrons. The monoisotopic (exact) mass is 444 g/mol. The molecule has 0 atom stereocenters. The lowest BCUT2D eigenvalue weighted by Gasteiger charge is -2.12. The second kappa shape index (κ2) is 9.65. The lowest BCUT2D eigenvalue weighted by molar-refractivity contribution is 0.0947. The predicted molar refractivity (Wildman–Crippen MR) is 118 cm³/mol. The molecule has 0 saturated carbocycles. The highest BCUT2D eigenvalue weighted by atomic mass is 35.5. The third-order valence-corrected chi connectivity index (χ3v) is 5.89. The minimum atomic E-state index is -3.77. The Labute approximate surface area is 180 Å². The summed E-state index contributed by atoms with van der Waals surface area (Å²) in [6.45, 7) is 2.52. The average molecular weight is 445 g/mol. The Morgan fingerprint density at radius 3 is 2.50 bits per heavy atom. The molecule has 6 nitrogen and oxygen atoms in total. The van der Waals surface area contributed by atoms with Crippen molar-refractivity contribution in [1.29, 1.82) is 0 Å². The van der Waals surface area contributed by atoms with Crippen LogP contribution < -0.4 is 14.8 Å². The Bertz CT molecular complexity index is 1130. The molecule has 0 unspecified atom stereocenters. The van der Waals surface area contributed by atoms with Crippen LogP contribution in [0.2, 0.25) is 5.02 Å². The number of ether oxygens (including phenoxy) is 1. The molecule has 0 aromatic heterocycles. The molecular weight excluding hydrogens is 424 g/mol. The first-order valence-electron chi connectivity index (χ1n) is 9.20. The van der Waals surface area contributed by atoms with Gasteiger partial charge >= 0.3 is 0 Å². The standard InChI is InChI=1S/C22H21ClN2O4S/c1-16-6-5-7-18(14-16)29-13-12-24-22(26)20-15-17(10-11-21(20)23)25-30(27,28)19-8-3-2-4-9-19/h2-11,14-15,25H,12-13H2,1H3,(H,24,26). The maximum atomic E-state index is 12.5. The molecule has 30 heavy (non-hydrogen) atoms. The predicted octanol–water partition coefficient (Wildman–Crippen LogP) is 4.26. The van der Waals surface area contributed by atoms with E-state index < -0.39 is 15.9 Å². The van der Waals surface area contributed by atoms with E-state index in [1.54, 1.807) is 18.2 Å². The maximum absolute atomic E-state index is 12.5. The Hall–Kier alpha value is -3.03. The van der Waals surface area contributed by atoms with Crippen LogP contribution in [-0.4, -0.2) is 27.5 Å². The molecule has 0 aliphatic heterocycles. The molecular formula is C22H21ClN2O4S. The molecule has 0 heterocycles. The number of hydrogen-bond acceptors (Lipinski definition) is 4. The number of hydrogen-bond donors (Lipinski definition) is 2. The van der Waals surface area contributed by atoms with Gasteiger partial charge in [0, 0.05) is 5.69 Å². The minimum Gasteiger partial charge on any atom is -0.492 e. The summed E-state index contributed by atoms with van der Waals surface area (Å²) in [7, 11) is -3.77. The molecule has 0 fully saturated rings. The number of anilines is 1. The number of rotatable bonds is 8. The van der Waals surface area contributed by atoms with Gasteiger partial charge in [0.15, 0.2) is 0 Å². The van der Waals surface area contributed by atoms with E-state index in [9.17, 15) is 13.2 Å². The van der Waals surface area contributed by atoms with Gasteiger partial charge in [-0.25, -0.2) is 8.42 Å². The molecule has 3 aromatic carbocycles. The fourth-order valence-corrected chi connectivity index (χ4v) is 3.98. The smallest absolute Gasteiger partial charge is 0.261 e. The molecule has 3 aromatic rings. The summed E-state index contributed by atoms with van der Waals surface area (Å²) >= 11 is 6.14. The van der Waals surface area contributed by atoms with Crippen molar-refractivity contribution in [2.75, 3.05) is 17.9 Å². The average Bonchev–Trinajstić information content (AvgIpc) is 2.73. The van der Waals surface area contributed by atoms with Crippen molar-refractivity contribution < 1.29 is 17.9 Å². The zero-order valence-electron chi connectivity index (χ0n) is 16.3. The number of sulfonamides is 1. The van der Waals surface area contributed by atoms with Crippen molar-refractivity contribution in [2.45, 2.75) is 11.8 Å². The van der Waals surface area contributed by atoms with E-state index in [-0.39, 0.29) is 34.3 Å². The van der Waals surface area contributed by atoms with E-state index in [1.165, 1.54) is 30.3 Å². The summed E-state index contributed by atoms with van der Waals surface area (Å²) in [5, 5.41) is 2.94. The van der Waals surface area contributed by atoms with Crippen LogP contribution in [0.25, 0.3) is 0 Å². The highest BCUT2D eigenvalue weighted by Crippen LogP contribution is 2.23. The van der Waals surface area contributed by atoms with E-state index in [4.69, 9.17) is 16.3 Å². The number of halogens is 1. The van der Waals surface area contributed by atoms with Crippen LogP contribution in [0.5, 0.6) is 5.75 Å².